The van der Waals surface area contributed by atoms with Crippen molar-refractivity contribution in [1.82, 2.24) is 0 Å². The number of benzene rings is 2. The quantitative estimate of drug-likeness (QED) is 0.882. The normalized spacial score (nSPS) is 12.5. The number of aliphatic hydroxyl groups excluding tert-OH is 1. The number of halogens is 4. The first-order chi connectivity index (χ1) is 8.99. The molecule has 2 rings (SSSR count). The molecule has 0 spiro atoms. The van der Waals surface area contributed by atoms with Crippen molar-refractivity contribution in [3.05, 3.63) is 69.2 Å². The van der Waals surface area contributed by atoms with Crippen molar-refractivity contribution in [2.24, 2.45) is 0 Å². The van der Waals surface area contributed by atoms with Gasteiger partial charge < -0.3 is 5.11 Å². The van der Waals surface area contributed by atoms with Crippen LogP contribution in [0.15, 0.2) is 36.4 Å². The molecule has 2 aromatic carbocycles. The lowest BCUT2D eigenvalue weighted by molar-refractivity contribution is 0.178. The fourth-order valence-corrected chi connectivity index (χ4v) is 2.47. The van der Waals surface area contributed by atoms with Crippen LogP contribution in [0.5, 0.6) is 0 Å². The van der Waals surface area contributed by atoms with Crippen LogP contribution in [0.4, 0.5) is 8.78 Å². The van der Waals surface area contributed by atoms with Gasteiger partial charge in [-0.25, -0.2) is 8.78 Å². The molecule has 1 atom stereocenters. The zero-order valence-corrected chi connectivity index (χ0v) is 11.2. The lowest BCUT2D eigenvalue weighted by Gasteiger charge is -2.14. The van der Waals surface area contributed by atoms with Gasteiger partial charge in [0.1, 0.15) is 0 Å². The SMILES string of the molecule is OC(Cc1ccc(F)c(F)c1)c1c(Cl)cccc1Cl. The average molecular weight is 303 g/mol. The predicted molar refractivity (Wildman–Crippen MR) is 71.5 cm³/mol. The third-order valence-electron chi connectivity index (χ3n) is 2.75. The number of hydrogen-bond acceptors (Lipinski definition) is 1. The van der Waals surface area contributed by atoms with Crippen molar-refractivity contribution in [2.75, 3.05) is 0 Å². The van der Waals surface area contributed by atoms with Crippen LogP contribution in [-0.2, 0) is 6.42 Å². The second-order valence-corrected chi connectivity index (χ2v) is 4.92. The van der Waals surface area contributed by atoms with Crippen molar-refractivity contribution < 1.29 is 13.9 Å². The Hall–Kier alpha value is -1.16. The molecule has 0 heterocycles. The summed E-state index contributed by atoms with van der Waals surface area (Å²) < 4.78 is 25.9. The maximum Gasteiger partial charge on any atom is 0.159 e. The summed E-state index contributed by atoms with van der Waals surface area (Å²) in [6, 6.07) is 8.36. The molecule has 100 valence electrons. The van der Waals surface area contributed by atoms with Gasteiger partial charge in [-0.1, -0.05) is 35.3 Å². The van der Waals surface area contributed by atoms with E-state index in [-0.39, 0.29) is 6.42 Å². The fourth-order valence-electron chi connectivity index (χ4n) is 1.82. The van der Waals surface area contributed by atoms with Crippen molar-refractivity contribution in [1.29, 1.82) is 0 Å². The molecular formula is C14H10Cl2F2O. The van der Waals surface area contributed by atoms with Gasteiger partial charge in [0.25, 0.3) is 0 Å². The summed E-state index contributed by atoms with van der Waals surface area (Å²) >= 11 is 11.9. The summed E-state index contributed by atoms with van der Waals surface area (Å²) in [7, 11) is 0. The van der Waals surface area contributed by atoms with Crippen LogP contribution in [0.25, 0.3) is 0 Å². The number of rotatable bonds is 3. The van der Waals surface area contributed by atoms with E-state index in [1.165, 1.54) is 6.07 Å². The van der Waals surface area contributed by atoms with E-state index in [0.717, 1.165) is 12.1 Å². The molecule has 0 amide bonds. The maximum absolute atomic E-state index is 13.1. The van der Waals surface area contributed by atoms with Crippen molar-refractivity contribution in [2.45, 2.75) is 12.5 Å². The minimum Gasteiger partial charge on any atom is -0.388 e. The van der Waals surface area contributed by atoms with Gasteiger partial charge in [0.2, 0.25) is 0 Å². The molecule has 5 heteroatoms. The highest BCUT2D eigenvalue weighted by Crippen LogP contribution is 2.32. The van der Waals surface area contributed by atoms with E-state index in [1.807, 2.05) is 0 Å². The number of hydrogen-bond donors (Lipinski definition) is 1. The summed E-state index contributed by atoms with van der Waals surface area (Å²) in [5.74, 6) is -1.87. The van der Waals surface area contributed by atoms with Gasteiger partial charge in [0, 0.05) is 22.0 Å². The smallest absolute Gasteiger partial charge is 0.159 e. The molecule has 1 unspecified atom stereocenters. The molecule has 0 aliphatic heterocycles. The molecule has 0 saturated heterocycles. The summed E-state index contributed by atoms with van der Waals surface area (Å²) in [6.45, 7) is 0. The van der Waals surface area contributed by atoms with Crippen LogP contribution in [0.1, 0.15) is 17.2 Å². The van der Waals surface area contributed by atoms with E-state index in [9.17, 15) is 13.9 Å². The van der Waals surface area contributed by atoms with Gasteiger partial charge in [-0.3, -0.25) is 0 Å². The Morgan fingerprint density at radius 2 is 1.63 bits per heavy atom. The van der Waals surface area contributed by atoms with E-state index < -0.39 is 17.7 Å². The van der Waals surface area contributed by atoms with Gasteiger partial charge in [-0.2, -0.15) is 0 Å². The minimum atomic E-state index is -0.980. The second kappa shape index (κ2) is 5.87. The summed E-state index contributed by atoms with van der Waals surface area (Å²) in [5, 5.41) is 10.8. The molecule has 0 fully saturated rings. The maximum atomic E-state index is 13.1. The van der Waals surface area contributed by atoms with Crippen LogP contribution < -0.4 is 0 Å². The molecule has 1 nitrogen and oxygen atoms in total. The third-order valence-corrected chi connectivity index (χ3v) is 3.41. The molecule has 2 aromatic rings. The molecule has 0 bridgehead atoms. The van der Waals surface area contributed by atoms with Gasteiger partial charge in [0.05, 0.1) is 6.10 Å². The highest BCUT2D eigenvalue weighted by molar-refractivity contribution is 6.36. The first-order valence-corrected chi connectivity index (χ1v) is 6.30. The largest absolute Gasteiger partial charge is 0.388 e. The summed E-state index contributed by atoms with van der Waals surface area (Å²) in [5.41, 5.74) is 0.845. The van der Waals surface area contributed by atoms with Crippen LogP contribution in [0.2, 0.25) is 10.0 Å². The van der Waals surface area contributed by atoms with E-state index in [2.05, 4.69) is 0 Å². The highest BCUT2D eigenvalue weighted by atomic mass is 35.5. The lowest BCUT2D eigenvalue weighted by Crippen LogP contribution is -2.04. The third kappa shape index (κ3) is 3.24. The zero-order chi connectivity index (χ0) is 14.0. The second-order valence-electron chi connectivity index (χ2n) is 4.10. The van der Waals surface area contributed by atoms with Crippen LogP contribution in [0, 0.1) is 11.6 Å². The van der Waals surface area contributed by atoms with Crippen molar-refractivity contribution in [3.63, 3.8) is 0 Å². The van der Waals surface area contributed by atoms with E-state index in [4.69, 9.17) is 23.2 Å². The van der Waals surface area contributed by atoms with E-state index in [0.29, 0.717) is 21.2 Å². The van der Waals surface area contributed by atoms with E-state index >= 15 is 0 Å². The molecule has 0 saturated carbocycles. The van der Waals surface area contributed by atoms with Crippen molar-refractivity contribution >= 4 is 23.2 Å². The Balaban J connectivity index is 2.25. The van der Waals surface area contributed by atoms with Gasteiger partial charge in [-0.05, 0) is 29.8 Å². The Kier molecular flexibility index (Phi) is 4.40. The molecule has 0 aliphatic rings. The summed E-state index contributed by atoms with van der Waals surface area (Å²) in [4.78, 5) is 0. The van der Waals surface area contributed by atoms with Crippen LogP contribution in [-0.4, -0.2) is 5.11 Å². The molecule has 0 aromatic heterocycles. The minimum absolute atomic E-state index is 0.0979. The first kappa shape index (κ1) is 14.3. The van der Waals surface area contributed by atoms with Gasteiger partial charge in [0.15, 0.2) is 11.6 Å². The Morgan fingerprint density at radius 3 is 2.21 bits per heavy atom. The number of aliphatic hydroxyl groups is 1. The van der Waals surface area contributed by atoms with Crippen molar-refractivity contribution in [3.8, 4) is 0 Å². The van der Waals surface area contributed by atoms with E-state index in [1.54, 1.807) is 18.2 Å². The molecule has 19 heavy (non-hydrogen) atoms. The highest BCUT2D eigenvalue weighted by Gasteiger charge is 2.16. The molecule has 0 radical (unpaired) electrons. The standard InChI is InChI=1S/C14H10Cl2F2O/c15-9-2-1-3-10(16)14(9)13(19)7-8-4-5-11(17)12(18)6-8/h1-6,13,19H,7H2. The van der Waals surface area contributed by atoms with Gasteiger partial charge in [-0.15, -0.1) is 0 Å². The molecule has 1 N–H and O–H groups in total. The molecular weight excluding hydrogens is 293 g/mol. The summed E-state index contributed by atoms with van der Waals surface area (Å²) in [6.07, 6.45) is -0.883. The Morgan fingerprint density at radius 1 is 1.00 bits per heavy atom. The molecule has 0 aliphatic carbocycles. The topological polar surface area (TPSA) is 20.2 Å². The zero-order valence-electron chi connectivity index (χ0n) is 9.71. The fraction of sp³-hybridized carbons (Fsp3) is 0.143. The van der Waals surface area contributed by atoms with Crippen LogP contribution >= 0.6 is 23.2 Å². The van der Waals surface area contributed by atoms with Crippen LogP contribution in [0.3, 0.4) is 0 Å². The first-order valence-electron chi connectivity index (χ1n) is 5.55. The predicted octanol–water partition coefficient (Wildman–Crippen LogP) is 4.55. The van der Waals surface area contributed by atoms with Gasteiger partial charge >= 0.3 is 0 Å². The lowest BCUT2D eigenvalue weighted by atomic mass is 10.0. The Labute approximate surface area is 119 Å². The Bertz CT molecular complexity index is 582. The average Bonchev–Trinajstić information content (AvgIpc) is 2.33. The monoisotopic (exact) mass is 302 g/mol.